The molecule has 0 spiro atoms. The SMILES string of the molecule is Cc1ccc(S(=O)(=O)N(C#N)c2ccc(I)cc2)cc1. The highest BCUT2D eigenvalue weighted by Crippen LogP contribution is 2.23. The maximum Gasteiger partial charge on any atom is 0.276 e. The van der Waals surface area contributed by atoms with E-state index >= 15 is 0 Å². The summed E-state index contributed by atoms with van der Waals surface area (Å²) in [6, 6.07) is 13.1. The number of hydrogen-bond acceptors (Lipinski definition) is 3. The van der Waals surface area contributed by atoms with Gasteiger partial charge in [0.15, 0.2) is 6.19 Å². The molecule has 0 N–H and O–H groups in total. The van der Waals surface area contributed by atoms with Gasteiger partial charge in [0.2, 0.25) is 0 Å². The van der Waals surface area contributed by atoms with Crippen LogP contribution in [0.2, 0.25) is 0 Å². The number of nitrogens with zero attached hydrogens (tertiary/aromatic N) is 2. The Morgan fingerprint density at radius 1 is 1.05 bits per heavy atom. The molecule has 2 aromatic carbocycles. The molecule has 6 heteroatoms. The van der Waals surface area contributed by atoms with Crippen LogP contribution < -0.4 is 4.31 Å². The third-order valence-electron chi connectivity index (χ3n) is 2.71. The first kappa shape index (κ1) is 14.8. The van der Waals surface area contributed by atoms with Crippen LogP contribution in [0.15, 0.2) is 53.4 Å². The number of nitriles is 1. The highest BCUT2D eigenvalue weighted by Gasteiger charge is 2.24. The summed E-state index contributed by atoms with van der Waals surface area (Å²) < 4.78 is 26.6. The minimum Gasteiger partial charge on any atom is -0.200 e. The van der Waals surface area contributed by atoms with Gasteiger partial charge in [-0.25, -0.2) is 0 Å². The standard InChI is InChI=1S/C14H11IN2O2S/c1-11-2-8-14(9-3-11)20(18,19)17(10-16)13-6-4-12(15)5-7-13/h2-9H,1H3. The smallest absolute Gasteiger partial charge is 0.200 e. The monoisotopic (exact) mass is 398 g/mol. The maximum absolute atomic E-state index is 12.5. The fraction of sp³-hybridized carbons (Fsp3) is 0.0714. The van der Waals surface area contributed by atoms with Gasteiger partial charge in [0.05, 0.1) is 10.6 Å². The number of hydrogen-bond donors (Lipinski definition) is 0. The van der Waals surface area contributed by atoms with Gasteiger partial charge in [-0.05, 0) is 65.9 Å². The lowest BCUT2D eigenvalue weighted by atomic mass is 10.2. The Labute approximate surface area is 131 Å². The number of rotatable bonds is 3. The van der Waals surface area contributed by atoms with Gasteiger partial charge in [-0.3, -0.25) is 0 Å². The number of aryl methyl sites for hydroxylation is 1. The average Bonchev–Trinajstić information content (AvgIpc) is 2.42. The first-order valence-electron chi connectivity index (χ1n) is 5.72. The van der Waals surface area contributed by atoms with E-state index in [1.165, 1.54) is 12.1 Å². The second-order valence-corrected chi connectivity index (χ2v) is 7.19. The van der Waals surface area contributed by atoms with E-state index in [0.29, 0.717) is 5.69 Å². The number of benzene rings is 2. The average molecular weight is 398 g/mol. The molecular weight excluding hydrogens is 387 g/mol. The van der Waals surface area contributed by atoms with Crippen molar-refractivity contribution in [3.63, 3.8) is 0 Å². The molecule has 0 saturated carbocycles. The van der Waals surface area contributed by atoms with Crippen LogP contribution in [-0.2, 0) is 10.0 Å². The molecule has 0 saturated heterocycles. The lowest BCUT2D eigenvalue weighted by molar-refractivity contribution is 0.596. The highest BCUT2D eigenvalue weighted by atomic mass is 127. The molecule has 2 aromatic rings. The van der Waals surface area contributed by atoms with E-state index in [4.69, 9.17) is 0 Å². The molecule has 0 heterocycles. The van der Waals surface area contributed by atoms with Gasteiger partial charge in [0, 0.05) is 3.57 Å². The van der Waals surface area contributed by atoms with Crippen LogP contribution >= 0.6 is 22.6 Å². The van der Waals surface area contributed by atoms with Crippen molar-refractivity contribution in [2.45, 2.75) is 11.8 Å². The molecule has 0 amide bonds. The van der Waals surface area contributed by atoms with Crippen LogP contribution in [-0.4, -0.2) is 8.42 Å². The second kappa shape index (κ2) is 5.81. The van der Waals surface area contributed by atoms with E-state index in [2.05, 4.69) is 22.6 Å². The van der Waals surface area contributed by atoms with E-state index < -0.39 is 10.0 Å². The van der Waals surface area contributed by atoms with Gasteiger partial charge in [0.1, 0.15) is 0 Å². The van der Waals surface area contributed by atoms with Crippen molar-refractivity contribution in [3.8, 4) is 6.19 Å². The first-order chi connectivity index (χ1) is 9.45. The molecular formula is C14H11IN2O2S. The van der Waals surface area contributed by atoms with Crippen molar-refractivity contribution in [1.29, 1.82) is 5.26 Å². The van der Waals surface area contributed by atoms with Crippen molar-refractivity contribution in [3.05, 3.63) is 57.7 Å². The third-order valence-corrected chi connectivity index (χ3v) is 5.07. The Morgan fingerprint density at radius 3 is 2.10 bits per heavy atom. The van der Waals surface area contributed by atoms with E-state index in [0.717, 1.165) is 13.4 Å². The Kier molecular flexibility index (Phi) is 4.30. The molecule has 0 aromatic heterocycles. The second-order valence-electron chi connectivity index (χ2n) is 4.16. The molecule has 0 aliphatic heterocycles. The molecule has 102 valence electrons. The summed E-state index contributed by atoms with van der Waals surface area (Å²) in [5.41, 5.74) is 1.29. The number of sulfonamides is 1. The van der Waals surface area contributed by atoms with Crippen LogP contribution in [0.1, 0.15) is 5.56 Å². The Morgan fingerprint density at radius 2 is 1.60 bits per heavy atom. The fourth-order valence-corrected chi connectivity index (χ4v) is 3.20. The minimum atomic E-state index is -3.86. The molecule has 20 heavy (non-hydrogen) atoms. The van der Waals surface area contributed by atoms with Gasteiger partial charge < -0.3 is 0 Å². The summed E-state index contributed by atoms with van der Waals surface area (Å²) in [5.74, 6) is 0. The molecule has 0 bridgehead atoms. The van der Waals surface area contributed by atoms with Gasteiger partial charge in [-0.2, -0.15) is 18.0 Å². The normalized spacial score (nSPS) is 10.8. The largest absolute Gasteiger partial charge is 0.276 e. The number of halogens is 1. The predicted octanol–water partition coefficient (Wildman–Crippen LogP) is 3.28. The van der Waals surface area contributed by atoms with Crippen molar-refractivity contribution in [1.82, 2.24) is 0 Å². The Balaban J connectivity index is 2.48. The summed E-state index contributed by atoms with van der Waals surface area (Å²) >= 11 is 2.12. The van der Waals surface area contributed by atoms with Crippen LogP contribution in [0.25, 0.3) is 0 Å². The zero-order chi connectivity index (χ0) is 14.8. The van der Waals surface area contributed by atoms with Gasteiger partial charge in [-0.1, -0.05) is 17.7 Å². The summed E-state index contributed by atoms with van der Waals surface area (Å²) in [5, 5.41) is 9.20. The minimum absolute atomic E-state index is 0.100. The highest BCUT2D eigenvalue weighted by molar-refractivity contribution is 14.1. The van der Waals surface area contributed by atoms with E-state index in [1.807, 2.05) is 6.92 Å². The molecule has 0 radical (unpaired) electrons. The van der Waals surface area contributed by atoms with E-state index in [-0.39, 0.29) is 4.90 Å². The van der Waals surface area contributed by atoms with Crippen molar-refractivity contribution in [2.24, 2.45) is 0 Å². The lowest BCUT2D eigenvalue weighted by Crippen LogP contribution is -2.25. The summed E-state index contributed by atoms with van der Waals surface area (Å²) in [6.07, 6.45) is 1.73. The fourth-order valence-electron chi connectivity index (χ4n) is 1.64. The summed E-state index contributed by atoms with van der Waals surface area (Å²) in [4.78, 5) is 0.100. The summed E-state index contributed by atoms with van der Waals surface area (Å²) in [6.45, 7) is 1.87. The molecule has 2 rings (SSSR count). The van der Waals surface area contributed by atoms with Crippen LogP contribution in [0.4, 0.5) is 5.69 Å². The molecule has 0 atom stereocenters. The van der Waals surface area contributed by atoms with Crippen LogP contribution in [0.5, 0.6) is 0 Å². The predicted molar refractivity (Wildman–Crippen MR) is 85.6 cm³/mol. The topological polar surface area (TPSA) is 61.2 Å². The van der Waals surface area contributed by atoms with Crippen molar-refractivity contribution < 1.29 is 8.42 Å². The van der Waals surface area contributed by atoms with Crippen LogP contribution in [0.3, 0.4) is 0 Å². The number of anilines is 1. The van der Waals surface area contributed by atoms with Crippen LogP contribution in [0, 0.1) is 21.9 Å². The lowest BCUT2D eigenvalue weighted by Gasteiger charge is -2.16. The molecule has 0 aliphatic carbocycles. The van der Waals surface area contributed by atoms with E-state index in [1.54, 1.807) is 42.6 Å². The summed E-state index contributed by atoms with van der Waals surface area (Å²) in [7, 11) is -3.86. The molecule has 0 unspecified atom stereocenters. The zero-order valence-electron chi connectivity index (χ0n) is 10.6. The molecule has 0 aliphatic rings. The quantitative estimate of drug-likeness (QED) is 0.453. The Hall–Kier alpha value is -1.59. The van der Waals surface area contributed by atoms with E-state index in [9.17, 15) is 13.7 Å². The Bertz CT molecular complexity index is 747. The van der Waals surface area contributed by atoms with Crippen molar-refractivity contribution >= 4 is 38.3 Å². The molecule has 0 fully saturated rings. The zero-order valence-corrected chi connectivity index (χ0v) is 13.6. The third kappa shape index (κ3) is 2.94. The van der Waals surface area contributed by atoms with Crippen molar-refractivity contribution in [2.75, 3.05) is 4.31 Å². The van der Waals surface area contributed by atoms with Gasteiger partial charge >= 0.3 is 0 Å². The first-order valence-corrected chi connectivity index (χ1v) is 8.24. The van der Waals surface area contributed by atoms with Gasteiger partial charge in [-0.15, -0.1) is 0 Å². The maximum atomic E-state index is 12.5. The van der Waals surface area contributed by atoms with Gasteiger partial charge in [0.25, 0.3) is 10.0 Å². The molecule has 4 nitrogen and oxygen atoms in total.